The van der Waals surface area contributed by atoms with Gasteiger partial charge in [0.05, 0.1) is 0 Å². The lowest BCUT2D eigenvalue weighted by molar-refractivity contribution is 0.569. The monoisotopic (exact) mass is 322 g/mol. The Hall–Kier alpha value is -3.06. The third-order valence-electron chi connectivity index (χ3n) is 5.04. The second kappa shape index (κ2) is 5.22. The summed E-state index contributed by atoms with van der Waals surface area (Å²) in [6.07, 6.45) is 0. The summed E-state index contributed by atoms with van der Waals surface area (Å²) in [7, 11) is 0. The highest BCUT2D eigenvalue weighted by Crippen LogP contribution is 2.49. The van der Waals surface area contributed by atoms with E-state index in [1.807, 2.05) is 6.07 Å². The first-order valence-corrected chi connectivity index (χ1v) is 8.63. The summed E-state index contributed by atoms with van der Waals surface area (Å²) in [4.78, 5) is 0. The zero-order chi connectivity index (χ0) is 17.0. The molecular formula is C24H18O. The standard InChI is InChI=1S/C24H18O/c1-15-8-7-9-17(14-15)23-19-11-4-3-10-18(19)22-16(2)25-21-13-6-5-12-20(21)24(22)23/h3-14H,1-2H3. The lowest BCUT2D eigenvalue weighted by Crippen LogP contribution is -1.87. The highest BCUT2D eigenvalue weighted by Gasteiger charge is 2.24. The lowest BCUT2D eigenvalue weighted by Gasteiger charge is -2.12. The molecule has 0 radical (unpaired) electrons. The molecule has 0 saturated heterocycles. The Balaban J connectivity index is 2.07. The molecule has 3 aromatic carbocycles. The molecule has 0 saturated carbocycles. The summed E-state index contributed by atoms with van der Waals surface area (Å²) in [5.41, 5.74) is 7.32. The summed E-state index contributed by atoms with van der Waals surface area (Å²) < 4.78 is 6.16. The molecule has 0 amide bonds. The van der Waals surface area contributed by atoms with Crippen molar-refractivity contribution in [2.45, 2.75) is 13.8 Å². The molecule has 1 heteroatoms. The van der Waals surface area contributed by atoms with E-state index >= 15 is 0 Å². The van der Waals surface area contributed by atoms with Gasteiger partial charge in [-0.25, -0.2) is 0 Å². The van der Waals surface area contributed by atoms with Gasteiger partial charge < -0.3 is 4.42 Å². The fraction of sp³-hybridized carbons (Fsp3) is 0.0833. The number of fused-ring (bicyclic) bond motifs is 5. The molecule has 0 spiro atoms. The topological polar surface area (TPSA) is 13.1 Å². The van der Waals surface area contributed by atoms with E-state index in [1.54, 1.807) is 0 Å². The molecule has 3 aromatic rings. The zero-order valence-corrected chi connectivity index (χ0v) is 14.3. The van der Waals surface area contributed by atoms with Gasteiger partial charge in [0.2, 0.25) is 0 Å². The van der Waals surface area contributed by atoms with Crippen LogP contribution >= 0.6 is 0 Å². The van der Waals surface area contributed by atoms with Crippen LogP contribution in [0.3, 0.4) is 0 Å². The van der Waals surface area contributed by atoms with Crippen LogP contribution in [-0.2, 0) is 0 Å². The maximum Gasteiger partial charge on any atom is 0.134 e. The van der Waals surface area contributed by atoms with Gasteiger partial charge in [-0.15, -0.1) is 0 Å². The summed E-state index contributed by atoms with van der Waals surface area (Å²) in [6.45, 7) is 4.22. The quantitative estimate of drug-likeness (QED) is 0.324. The molecule has 0 bridgehead atoms. The van der Waals surface area contributed by atoms with Gasteiger partial charge >= 0.3 is 0 Å². The molecule has 2 aliphatic rings. The van der Waals surface area contributed by atoms with E-state index in [0.29, 0.717) is 0 Å². The largest absolute Gasteiger partial charge is 0.461 e. The Morgan fingerprint density at radius 2 is 1.28 bits per heavy atom. The first-order chi connectivity index (χ1) is 12.2. The predicted octanol–water partition coefficient (Wildman–Crippen LogP) is 6.97. The van der Waals surface area contributed by atoms with Crippen LogP contribution in [0.25, 0.3) is 44.0 Å². The lowest BCUT2D eigenvalue weighted by atomic mass is 9.95. The van der Waals surface area contributed by atoms with E-state index < -0.39 is 0 Å². The highest BCUT2D eigenvalue weighted by molar-refractivity contribution is 6.20. The molecule has 0 N–H and O–H groups in total. The minimum Gasteiger partial charge on any atom is -0.461 e. The molecule has 25 heavy (non-hydrogen) atoms. The van der Waals surface area contributed by atoms with E-state index in [9.17, 15) is 0 Å². The van der Waals surface area contributed by atoms with Crippen LogP contribution in [0, 0.1) is 13.8 Å². The van der Waals surface area contributed by atoms with Gasteiger partial charge in [0.1, 0.15) is 11.3 Å². The van der Waals surface area contributed by atoms with Crippen LogP contribution in [0.2, 0.25) is 0 Å². The first kappa shape index (κ1) is 14.3. The SMILES string of the molecule is Cc1cccc(-c2c3c4ccccc4oc(C)c-3c3ccccc23)c1. The van der Waals surface area contributed by atoms with Gasteiger partial charge in [-0.3, -0.25) is 0 Å². The molecule has 120 valence electrons. The summed E-state index contributed by atoms with van der Waals surface area (Å²) in [5, 5.41) is 3.73. The van der Waals surface area contributed by atoms with E-state index in [4.69, 9.17) is 4.42 Å². The Morgan fingerprint density at radius 1 is 0.600 bits per heavy atom. The van der Waals surface area contributed by atoms with E-state index in [2.05, 4.69) is 80.6 Å². The summed E-state index contributed by atoms with van der Waals surface area (Å²) in [6, 6.07) is 25.8. The average Bonchev–Trinajstić information content (AvgIpc) is 2.98. The first-order valence-electron chi connectivity index (χ1n) is 8.63. The molecule has 1 aliphatic carbocycles. The number of benzene rings is 3. The normalized spacial score (nSPS) is 11.6. The van der Waals surface area contributed by atoms with Crippen LogP contribution in [0.1, 0.15) is 11.3 Å². The van der Waals surface area contributed by atoms with E-state index in [0.717, 1.165) is 11.3 Å². The third-order valence-corrected chi connectivity index (χ3v) is 5.04. The minimum atomic E-state index is 0.941. The molecular weight excluding hydrogens is 304 g/mol. The van der Waals surface area contributed by atoms with Crippen molar-refractivity contribution in [3.8, 4) is 22.3 Å². The second-order valence-corrected chi connectivity index (χ2v) is 6.69. The van der Waals surface area contributed by atoms with Crippen LogP contribution in [0.15, 0.2) is 77.2 Å². The molecule has 0 unspecified atom stereocenters. The van der Waals surface area contributed by atoms with Crippen molar-refractivity contribution in [1.82, 2.24) is 0 Å². The molecule has 1 heterocycles. The Kier molecular flexibility index (Phi) is 2.98. The van der Waals surface area contributed by atoms with Gasteiger partial charge in [-0.1, -0.05) is 72.3 Å². The van der Waals surface area contributed by atoms with Crippen molar-refractivity contribution in [3.05, 3.63) is 84.1 Å². The smallest absolute Gasteiger partial charge is 0.134 e. The van der Waals surface area contributed by atoms with Gasteiger partial charge in [0, 0.05) is 16.5 Å². The molecule has 1 nitrogen and oxygen atoms in total. The Morgan fingerprint density at radius 3 is 2.04 bits per heavy atom. The zero-order valence-electron chi connectivity index (χ0n) is 14.3. The summed E-state index contributed by atoms with van der Waals surface area (Å²) in [5.74, 6) is 0.976. The summed E-state index contributed by atoms with van der Waals surface area (Å²) >= 11 is 0. The van der Waals surface area contributed by atoms with Crippen LogP contribution in [-0.4, -0.2) is 0 Å². The van der Waals surface area contributed by atoms with Crippen molar-refractivity contribution in [2.75, 3.05) is 0 Å². The van der Waals surface area contributed by atoms with Gasteiger partial charge in [-0.2, -0.15) is 0 Å². The second-order valence-electron chi connectivity index (χ2n) is 6.69. The highest BCUT2D eigenvalue weighted by atomic mass is 16.3. The molecule has 0 atom stereocenters. The number of para-hydroxylation sites is 1. The van der Waals surface area contributed by atoms with Gasteiger partial charge in [0.15, 0.2) is 0 Å². The van der Waals surface area contributed by atoms with E-state index in [1.165, 1.54) is 44.0 Å². The van der Waals surface area contributed by atoms with E-state index in [-0.39, 0.29) is 0 Å². The fourth-order valence-electron chi connectivity index (χ4n) is 4.03. The number of rotatable bonds is 1. The van der Waals surface area contributed by atoms with Crippen LogP contribution < -0.4 is 0 Å². The molecule has 1 aliphatic heterocycles. The molecule has 0 aromatic heterocycles. The van der Waals surface area contributed by atoms with Crippen LogP contribution in [0.5, 0.6) is 0 Å². The van der Waals surface area contributed by atoms with Crippen molar-refractivity contribution < 1.29 is 4.42 Å². The Bertz CT molecular complexity index is 1210. The van der Waals surface area contributed by atoms with Crippen molar-refractivity contribution in [3.63, 3.8) is 0 Å². The fourth-order valence-corrected chi connectivity index (χ4v) is 4.03. The Labute approximate surface area is 146 Å². The number of hydrogen-bond acceptors (Lipinski definition) is 1. The maximum atomic E-state index is 6.16. The number of hydrogen-bond donors (Lipinski definition) is 0. The molecule has 5 rings (SSSR count). The maximum absolute atomic E-state index is 6.16. The number of aryl methyl sites for hydroxylation is 2. The van der Waals surface area contributed by atoms with Crippen molar-refractivity contribution in [1.29, 1.82) is 0 Å². The predicted molar refractivity (Wildman–Crippen MR) is 105 cm³/mol. The minimum absolute atomic E-state index is 0.941. The van der Waals surface area contributed by atoms with Crippen LogP contribution in [0.4, 0.5) is 0 Å². The van der Waals surface area contributed by atoms with Gasteiger partial charge in [0.25, 0.3) is 0 Å². The average molecular weight is 322 g/mol. The van der Waals surface area contributed by atoms with Crippen molar-refractivity contribution >= 4 is 21.7 Å². The van der Waals surface area contributed by atoms with Crippen molar-refractivity contribution in [2.24, 2.45) is 0 Å². The van der Waals surface area contributed by atoms with Gasteiger partial charge in [-0.05, 0) is 41.8 Å². The molecule has 0 fully saturated rings. The third kappa shape index (κ3) is 2.02.